The van der Waals surface area contributed by atoms with Crippen LogP contribution in [0.25, 0.3) is 0 Å². The van der Waals surface area contributed by atoms with E-state index in [1.54, 1.807) is 0 Å². The molecule has 2 nitrogen and oxygen atoms in total. The van der Waals surface area contributed by atoms with Gasteiger partial charge in [0, 0.05) is 19.4 Å². The number of unbranched alkanes of at least 4 members (excludes halogenated alkanes) is 2. The molecule has 0 aliphatic rings. The first-order valence-electron chi connectivity index (χ1n) is 6.57. The fraction of sp³-hybridized carbons (Fsp3) is 0.438. The molecule has 1 aromatic carbocycles. The number of nitrogens with one attached hydrogen (secondary N) is 1. The van der Waals surface area contributed by atoms with Gasteiger partial charge in [0.2, 0.25) is 5.91 Å². The molecule has 0 fully saturated rings. The number of hydrogen-bond acceptors (Lipinski definition) is 1. The van der Waals surface area contributed by atoms with Crippen LogP contribution in [0.3, 0.4) is 0 Å². The van der Waals surface area contributed by atoms with Crippen LogP contribution < -0.4 is 5.32 Å². The minimum atomic E-state index is 0.145. The van der Waals surface area contributed by atoms with Crippen molar-refractivity contribution in [1.29, 1.82) is 0 Å². The molecular weight excluding hydrogens is 222 g/mol. The predicted octanol–water partition coefficient (Wildman–Crippen LogP) is 2.93. The van der Waals surface area contributed by atoms with Crippen molar-refractivity contribution in [3.8, 4) is 12.3 Å². The van der Waals surface area contributed by atoms with Gasteiger partial charge in [-0.05, 0) is 31.2 Å². The molecule has 0 aromatic heterocycles. The van der Waals surface area contributed by atoms with Crippen LogP contribution in [0.4, 0.5) is 0 Å². The predicted molar refractivity (Wildman–Crippen MR) is 75.1 cm³/mol. The van der Waals surface area contributed by atoms with Gasteiger partial charge in [0.1, 0.15) is 0 Å². The third-order valence-corrected chi connectivity index (χ3v) is 2.78. The second-order valence-corrected chi connectivity index (χ2v) is 4.35. The van der Waals surface area contributed by atoms with E-state index in [1.807, 2.05) is 18.2 Å². The normalized spacial score (nSPS) is 9.72. The van der Waals surface area contributed by atoms with Gasteiger partial charge in [0.05, 0.1) is 0 Å². The lowest BCUT2D eigenvalue weighted by atomic mass is 10.1. The van der Waals surface area contributed by atoms with E-state index < -0.39 is 0 Å². The number of carbonyl (C=O) groups excluding carboxylic acids is 1. The number of benzene rings is 1. The van der Waals surface area contributed by atoms with Gasteiger partial charge in [0.15, 0.2) is 0 Å². The Labute approximate surface area is 110 Å². The van der Waals surface area contributed by atoms with Crippen molar-refractivity contribution < 1.29 is 4.79 Å². The summed E-state index contributed by atoms with van der Waals surface area (Å²) in [6.45, 7) is 0.742. The average Bonchev–Trinajstić information content (AvgIpc) is 2.40. The fourth-order valence-electron chi connectivity index (χ4n) is 1.77. The van der Waals surface area contributed by atoms with E-state index in [4.69, 9.17) is 6.42 Å². The van der Waals surface area contributed by atoms with Crippen LogP contribution in [0.2, 0.25) is 0 Å². The largest absolute Gasteiger partial charge is 0.356 e. The lowest BCUT2D eigenvalue weighted by Gasteiger charge is -2.04. The van der Waals surface area contributed by atoms with Crippen LogP contribution in [0.15, 0.2) is 30.3 Å². The van der Waals surface area contributed by atoms with E-state index in [0.29, 0.717) is 6.42 Å². The molecule has 1 rings (SSSR count). The number of carbonyl (C=O) groups is 1. The second-order valence-electron chi connectivity index (χ2n) is 4.35. The van der Waals surface area contributed by atoms with Gasteiger partial charge in [-0.3, -0.25) is 4.79 Å². The molecule has 0 saturated carbocycles. The first-order chi connectivity index (χ1) is 8.83. The van der Waals surface area contributed by atoms with Crippen LogP contribution in [-0.2, 0) is 11.2 Å². The maximum atomic E-state index is 11.5. The van der Waals surface area contributed by atoms with Crippen LogP contribution in [0, 0.1) is 12.3 Å². The molecule has 0 aliphatic heterocycles. The molecule has 0 spiro atoms. The van der Waals surface area contributed by atoms with Crippen LogP contribution in [0.1, 0.15) is 37.7 Å². The number of rotatable bonds is 8. The summed E-state index contributed by atoms with van der Waals surface area (Å²) >= 11 is 0. The highest BCUT2D eigenvalue weighted by atomic mass is 16.1. The zero-order valence-electron chi connectivity index (χ0n) is 10.8. The van der Waals surface area contributed by atoms with Crippen LogP contribution in [0.5, 0.6) is 0 Å². The van der Waals surface area contributed by atoms with Crippen molar-refractivity contribution in [3.05, 3.63) is 35.9 Å². The van der Waals surface area contributed by atoms with Crippen molar-refractivity contribution in [2.45, 2.75) is 38.5 Å². The molecule has 96 valence electrons. The third kappa shape index (κ3) is 6.75. The number of terminal acetylenes is 1. The highest BCUT2D eigenvalue weighted by molar-refractivity contribution is 5.75. The summed E-state index contributed by atoms with van der Waals surface area (Å²) in [5.74, 6) is 2.74. The first-order valence-corrected chi connectivity index (χ1v) is 6.57. The first kappa shape index (κ1) is 14.3. The highest BCUT2D eigenvalue weighted by Crippen LogP contribution is 2.04. The lowest BCUT2D eigenvalue weighted by Crippen LogP contribution is -2.24. The molecule has 0 unspecified atom stereocenters. The lowest BCUT2D eigenvalue weighted by molar-refractivity contribution is -0.121. The van der Waals surface area contributed by atoms with Crippen molar-refractivity contribution in [2.75, 3.05) is 6.54 Å². The summed E-state index contributed by atoms with van der Waals surface area (Å²) in [5.41, 5.74) is 1.29. The van der Waals surface area contributed by atoms with E-state index in [-0.39, 0.29) is 5.91 Å². The average molecular weight is 243 g/mol. The third-order valence-electron chi connectivity index (χ3n) is 2.78. The number of aryl methyl sites for hydroxylation is 1. The maximum Gasteiger partial charge on any atom is 0.220 e. The van der Waals surface area contributed by atoms with Crippen molar-refractivity contribution in [2.24, 2.45) is 0 Å². The zero-order valence-corrected chi connectivity index (χ0v) is 10.8. The standard InChI is InChI=1S/C16H21NO/c1-2-3-4-8-14-17-16(18)13-9-12-15-10-6-5-7-11-15/h1,5-7,10-11H,3-4,8-9,12-14H2,(H,17,18). The van der Waals surface area contributed by atoms with Gasteiger partial charge in [0.25, 0.3) is 0 Å². The maximum absolute atomic E-state index is 11.5. The van der Waals surface area contributed by atoms with Crippen molar-refractivity contribution in [1.82, 2.24) is 5.32 Å². The Hall–Kier alpha value is -1.75. The van der Waals surface area contributed by atoms with Crippen molar-refractivity contribution >= 4 is 5.91 Å². The Kier molecular flexibility index (Phi) is 7.39. The molecule has 18 heavy (non-hydrogen) atoms. The van der Waals surface area contributed by atoms with Gasteiger partial charge < -0.3 is 5.32 Å². The molecule has 1 aromatic rings. The summed E-state index contributed by atoms with van der Waals surface area (Å²) in [4.78, 5) is 11.5. The van der Waals surface area contributed by atoms with E-state index in [1.165, 1.54) is 5.56 Å². The van der Waals surface area contributed by atoms with Gasteiger partial charge in [-0.1, -0.05) is 30.3 Å². The Balaban J connectivity index is 2.02. The molecule has 0 bridgehead atoms. The molecular formula is C16H21NO. The van der Waals surface area contributed by atoms with Crippen molar-refractivity contribution in [3.63, 3.8) is 0 Å². The Bertz CT molecular complexity index is 378. The van der Waals surface area contributed by atoms with Gasteiger partial charge in [-0.2, -0.15) is 0 Å². The minimum Gasteiger partial charge on any atom is -0.356 e. The quantitative estimate of drug-likeness (QED) is 0.552. The molecule has 2 heteroatoms. The second kappa shape index (κ2) is 9.30. The molecule has 1 N–H and O–H groups in total. The minimum absolute atomic E-state index is 0.145. The molecule has 0 atom stereocenters. The van der Waals surface area contributed by atoms with Gasteiger partial charge in [-0.25, -0.2) is 0 Å². The van der Waals surface area contributed by atoms with Crippen LogP contribution in [-0.4, -0.2) is 12.5 Å². The Morgan fingerprint density at radius 2 is 1.94 bits per heavy atom. The SMILES string of the molecule is C#CCCCCNC(=O)CCCc1ccccc1. The Morgan fingerprint density at radius 3 is 2.67 bits per heavy atom. The summed E-state index contributed by atoms with van der Waals surface area (Å²) < 4.78 is 0. The summed E-state index contributed by atoms with van der Waals surface area (Å²) in [5, 5.41) is 2.92. The smallest absolute Gasteiger partial charge is 0.220 e. The molecule has 1 amide bonds. The fourth-order valence-corrected chi connectivity index (χ4v) is 1.77. The van der Waals surface area contributed by atoms with Gasteiger partial charge >= 0.3 is 0 Å². The topological polar surface area (TPSA) is 29.1 Å². The molecule has 0 radical (unpaired) electrons. The van der Waals surface area contributed by atoms with Gasteiger partial charge in [-0.15, -0.1) is 12.3 Å². The zero-order chi connectivity index (χ0) is 13.1. The molecule has 0 heterocycles. The van der Waals surface area contributed by atoms with Crippen LogP contribution >= 0.6 is 0 Å². The highest BCUT2D eigenvalue weighted by Gasteiger charge is 2.00. The Morgan fingerprint density at radius 1 is 1.17 bits per heavy atom. The van der Waals surface area contributed by atoms with E-state index >= 15 is 0 Å². The number of amides is 1. The molecule has 0 aliphatic carbocycles. The number of hydrogen-bond donors (Lipinski definition) is 1. The summed E-state index contributed by atoms with van der Waals surface area (Å²) in [6, 6.07) is 10.3. The van der Waals surface area contributed by atoms with E-state index in [0.717, 1.165) is 38.6 Å². The van der Waals surface area contributed by atoms with E-state index in [9.17, 15) is 4.79 Å². The molecule has 0 saturated heterocycles. The summed E-state index contributed by atoms with van der Waals surface area (Å²) in [7, 11) is 0. The van der Waals surface area contributed by atoms with E-state index in [2.05, 4.69) is 23.4 Å². The summed E-state index contributed by atoms with van der Waals surface area (Å²) in [6.07, 6.45) is 10.4. The monoisotopic (exact) mass is 243 g/mol.